The third-order valence-electron chi connectivity index (χ3n) is 3.70. The van der Waals surface area contributed by atoms with Crippen molar-refractivity contribution in [1.29, 1.82) is 0 Å². The highest BCUT2D eigenvalue weighted by Gasteiger charge is 2.35. The molecule has 0 saturated carbocycles. The van der Waals surface area contributed by atoms with Crippen LogP contribution in [0.1, 0.15) is 12.0 Å². The molecule has 0 radical (unpaired) electrons. The number of likely N-dealkylation sites (N-methyl/N-ethyl adjacent to an activating group) is 1. The van der Waals surface area contributed by atoms with Gasteiger partial charge in [0.25, 0.3) is 0 Å². The molecule has 0 bridgehead atoms. The number of hydrogen-bond donors (Lipinski definition) is 1. The van der Waals surface area contributed by atoms with Gasteiger partial charge < -0.3 is 15.4 Å². The van der Waals surface area contributed by atoms with Gasteiger partial charge in [-0.05, 0) is 35.9 Å². The van der Waals surface area contributed by atoms with Crippen molar-refractivity contribution < 1.29 is 9.53 Å². The summed E-state index contributed by atoms with van der Waals surface area (Å²) >= 11 is 1.65. The molecule has 1 amide bonds. The van der Waals surface area contributed by atoms with E-state index in [2.05, 4.69) is 16.3 Å². The molecule has 2 N–H and O–H groups in total. The van der Waals surface area contributed by atoms with Crippen LogP contribution >= 0.6 is 11.3 Å². The molecule has 1 aliphatic heterocycles. The maximum Gasteiger partial charge on any atom is 0.240 e. The predicted octanol–water partition coefficient (Wildman–Crippen LogP) is 0.755. The maximum atomic E-state index is 12.7. The molecular weight excluding hydrogens is 274 g/mol. The molecule has 0 spiro atoms. The number of carbonyl (C=O) groups excluding carboxylic acids is 1. The Morgan fingerprint density at radius 3 is 3.00 bits per heavy atom. The molecule has 1 aliphatic rings. The van der Waals surface area contributed by atoms with E-state index in [1.54, 1.807) is 18.4 Å². The van der Waals surface area contributed by atoms with Crippen molar-refractivity contribution in [1.82, 2.24) is 9.80 Å². The first-order valence-electron chi connectivity index (χ1n) is 6.86. The number of likely N-dealkylation sites (tertiary alicyclic amines) is 1. The predicted molar refractivity (Wildman–Crippen MR) is 80.6 cm³/mol. The first kappa shape index (κ1) is 15.4. The fraction of sp³-hybridized carbons (Fsp3) is 0.643. The Labute approximate surface area is 124 Å². The van der Waals surface area contributed by atoms with E-state index in [1.165, 1.54) is 5.56 Å². The van der Waals surface area contributed by atoms with Gasteiger partial charge in [-0.25, -0.2) is 0 Å². The third-order valence-corrected chi connectivity index (χ3v) is 4.43. The minimum atomic E-state index is -0.0968. The Morgan fingerprint density at radius 2 is 2.45 bits per heavy atom. The molecule has 2 atom stereocenters. The number of nitrogens with zero attached hydrogens (tertiary/aromatic N) is 2. The Morgan fingerprint density at radius 1 is 1.65 bits per heavy atom. The molecule has 1 fully saturated rings. The molecule has 5 nitrogen and oxygen atoms in total. The van der Waals surface area contributed by atoms with Crippen molar-refractivity contribution in [2.75, 3.05) is 33.9 Å². The molecule has 0 aromatic carbocycles. The first-order valence-corrected chi connectivity index (χ1v) is 7.80. The summed E-state index contributed by atoms with van der Waals surface area (Å²) in [5, 5.41) is 4.11. The molecular formula is C14H23N3O2S. The lowest BCUT2D eigenvalue weighted by Crippen LogP contribution is -2.45. The lowest BCUT2D eigenvalue weighted by atomic mass is 10.1. The second-order valence-electron chi connectivity index (χ2n) is 5.34. The minimum Gasteiger partial charge on any atom is -0.383 e. The van der Waals surface area contributed by atoms with E-state index in [9.17, 15) is 4.79 Å². The van der Waals surface area contributed by atoms with Gasteiger partial charge in [0.2, 0.25) is 5.91 Å². The van der Waals surface area contributed by atoms with E-state index in [-0.39, 0.29) is 18.0 Å². The smallest absolute Gasteiger partial charge is 0.240 e. The highest BCUT2D eigenvalue weighted by molar-refractivity contribution is 7.07. The molecule has 1 aromatic heterocycles. The van der Waals surface area contributed by atoms with Crippen LogP contribution in [-0.2, 0) is 16.1 Å². The van der Waals surface area contributed by atoms with E-state index in [1.807, 2.05) is 17.3 Å². The number of amides is 1. The number of nitrogens with two attached hydrogens (primary N) is 1. The van der Waals surface area contributed by atoms with Crippen LogP contribution in [0.2, 0.25) is 0 Å². The fourth-order valence-electron chi connectivity index (χ4n) is 2.61. The number of ether oxygens (including phenoxy) is 1. The first-order chi connectivity index (χ1) is 9.61. The summed E-state index contributed by atoms with van der Waals surface area (Å²) in [6, 6.07) is 2.06. The fourth-order valence-corrected chi connectivity index (χ4v) is 3.27. The quantitative estimate of drug-likeness (QED) is 0.842. The Hall–Kier alpha value is -0.950. The zero-order valence-corrected chi connectivity index (χ0v) is 12.9. The Bertz CT molecular complexity index is 424. The van der Waals surface area contributed by atoms with Gasteiger partial charge >= 0.3 is 0 Å². The number of carbonyl (C=O) groups is 1. The van der Waals surface area contributed by atoms with E-state index in [0.29, 0.717) is 19.7 Å². The summed E-state index contributed by atoms with van der Waals surface area (Å²) in [7, 11) is 3.62. The number of thiophene rings is 1. The average Bonchev–Trinajstić information content (AvgIpc) is 3.03. The van der Waals surface area contributed by atoms with Crippen molar-refractivity contribution in [2.24, 2.45) is 5.73 Å². The van der Waals surface area contributed by atoms with E-state index < -0.39 is 0 Å². The largest absolute Gasteiger partial charge is 0.383 e. The topological polar surface area (TPSA) is 58.8 Å². The second kappa shape index (κ2) is 7.17. The lowest BCUT2D eigenvalue weighted by Gasteiger charge is -2.28. The number of rotatable bonds is 6. The standard InChI is InChI=1S/C14H23N3O2S/c1-16-9-12(15)7-13(16)14(18)17(4-5-19-2)8-11-3-6-20-10-11/h3,6,10,12-13H,4-5,7-9,15H2,1-2H3/t12-,13-/m0/s1. The molecule has 0 aliphatic carbocycles. The van der Waals surface area contributed by atoms with Gasteiger partial charge in [-0.1, -0.05) is 0 Å². The molecule has 2 rings (SSSR count). The second-order valence-corrected chi connectivity index (χ2v) is 6.12. The van der Waals surface area contributed by atoms with Crippen LogP contribution in [0.15, 0.2) is 16.8 Å². The zero-order valence-electron chi connectivity index (χ0n) is 12.1. The van der Waals surface area contributed by atoms with Crippen LogP contribution in [0.5, 0.6) is 0 Å². The van der Waals surface area contributed by atoms with Gasteiger partial charge in [-0.3, -0.25) is 9.69 Å². The molecule has 1 aromatic rings. The van der Waals surface area contributed by atoms with Crippen LogP contribution < -0.4 is 5.73 Å². The monoisotopic (exact) mass is 297 g/mol. The highest BCUT2D eigenvalue weighted by atomic mass is 32.1. The zero-order chi connectivity index (χ0) is 14.5. The van der Waals surface area contributed by atoms with E-state index >= 15 is 0 Å². The minimum absolute atomic E-state index is 0.0966. The Kier molecular flexibility index (Phi) is 5.54. The molecule has 6 heteroatoms. The summed E-state index contributed by atoms with van der Waals surface area (Å²) < 4.78 is 5.12. The number of hydrogen-bond acceptors (Lipinski definition) is 5. The van der Waals surface area contributed by atoms with Crippen LogP contribution in [0, 0.1) is 0 Å². The molecule has 112 valence electrons. The van der Waals surface area contributed by atoms with E-state index in [0.717, 1.165) is 13.0 Å². The van der Waals surface area contributed by atoms with E-state index in [4.69, 9.17) is 10.5 Å². The number of methoxy groups -OCH3 is 1. The van der Waals surface area contributed by atoms with Crippen molar-refractivity contribution in [3.63, 3.8) is 0 Å². The summed E-state index contributed by atoms with van der Waals surface area (Å²) in [5.74, 6) is 0.156. The maximum absolute atomic E-state index is 12.7. The van der Waals surface area contributed by atoms with Crippen molar-refractivity contribution >= 4 is 17.2 Å². The molecule has 0 unspecified atom stereocenters. The SMILES string of the molecule is COCCN(Cc1ccsc1)C(=O)[C@@H]1C[C@H](N)CN1C. The van der Waals surface area contributed by atoms with Gasteiger partial charge in [0, 0.05) is 32.8 Å². The van der Waals surface area contributed by atoms with Gasteiger partial charge in [-0.15, -0.1) is 0 Å². The Balaban J connectivity index is 2.03. The van der Waals surface area contributed by atoms with Crippen molar-refractivity contribution in [3.8, 4) is 0 Å². The highest BCUT2D eigenvalue weighted by Crippen LogP contribution is 2.18. The third kappa shape index (κ3) is 3.79. The molecule has 1 saturated heterocycles. The normalized spacial score (nSPS) is 23.1. The van der Waals surface area contributed by atoms with Gasteiger partial charge in [0.1, 0.15) is 0 Å². The van der Waals surface area contributed by atoms with Crippen LogP contribution in [0.3, 0.4) is 0 Å². The molecule has 2 heterocycles. The summed E-state index contributed by atoms with van der Waals surface area (Å²) in [5.41, 5.74) is 7.12. The van der Waals surface area contributed by atoms with Gasteiger partial charge in [0.15, 0.2) is 0 Å². The van der Waals surface area contributed by atoms with Gasteiger partial charge in [-0.2, -0.15) is 11.3 Å². The van der Waals surface area contributed by atoms with Crippen LogP contribution in [0.25, 0.3) is 0 Å². The summed E-state index contributed by atoms with van der Waals surface area (Å²) in [6.45, 7) is 2.60. The average molecular weight is 297 g/mol. The summed E-state index contributed by atoms with van der Waals surface area (Å²) in [6.07, 6.45) is 0.739. The van der Waals surface area contributed by atoms with Crippen molar-refractivity contribution in [3.05, 3.63) is 22.4 Å². The van der Waals surface area contributed by atoms with Crippen molar-refractivity contribution in [2.45, 2.75) is 25.0 Å². The summed E-state index contributed by atoms with van der Waals surface area (Å²) in [4.78, 5) is 16.6. The lowest BCUT2D eigenvalue weighted by molar-refractivity contribution is -0.136. The molecule has 20 heavy (non-hydrogen) atoms. The van der Waals surface area contributed by atoms with Crippen LogP contribution in [-0.4, -0.2) is 61.6 Å². The van der Waals surface area contributed by atoms with Gasteiger partial charge in [0.05, 0.1) is 12.6 Å². The van der Waals surface area contributed by atoms with Crippen LogP contribution in [0.4, 0.5) is 0 Å².